The van der Waals surface area contributed by atoms with Crippen molar-refractivity contribution in [3.05, 3.63) is 42.0 Å². The molecule has 0 aromatic heterocycles. The van der Waals surface area contributed by atoms with E-state index in [1.165, 1.54) is 0 Å². The first-order valence-electron chi connectivity index (χ1n) is 4.76. The fraction of sp³-hybridized carbons (Fsp3) is 0.250. The molecular formula is C12H15NO2. The molecule has 0 aliphatic rings. The third-order valence-corrected chi connectivity index (χ3v) is 1.92. The summed E-state index contributed by atoms with van der Waals surface area (Å²) in [5.74, 6) is -0.348. The van der Waals surface area contributed by atoms with Crippen molar-refractivity contribution in [2.24, 2.45) is 0 Å². The van der Waals surface area contributed by atoms with E-state index in [9.17, 15) is 4.79 Å². The Kier molecular flexibility index (Phi) is 3.92. The van der Waals surface area contributed by atoms with Crippen LogP contribution in [0.1, 0.15) is 12.5 Å². The molecule has 2 N–H and O–H groups in total. The molecule has 0 bridgehead atoms. The number of hydrogen-bond acceptors (Lipinski definition) is 3. The summed E-state index contributed by atoms with van der Waals surface area (Å²) in [6, 6.07) is 7.52. The van der Waals surface area contributed by atoms with Crippen LogP contribution in [0.3, 0.4) is 0 Å². The largest absolute Gasteiger partial charge is 0.462 e. The minimum absolute atomic E-state index is 0.348. The average molecular weight is 205 g/mol. The average Bonchev–Trinajstić information content (AvgIpc) is 2.17. The number of ether oxygens (including phenoxy) is 1. The quantitative estimate of drug-likeness (QED) is 0.464. The van der Waals surface area contributed by atoms with Crippen LogP contribution in [0, 0.1) is 0 Å². The molecule has 1 rings (SSSR count). The topological polar surface area (TPSA) is 52.3 Å². The van der Waals surface area contributed by atoms with E-state index in [0.29, 0.717) is 18.6 Å². The lowest BCUT2D eigenvalue weighted by Gasteiger charge is -2.04. The molecule has 3 heteroatoms. The highest BCUT2D eigenvalue weighted by molar-refractivity contribution is 5.86. The smallest absolute Gasteiger partial charge is 0.333 e. The van der Waals surface area contributed by atoms with E-state index in [1.54, 1.807) is 6.92 Å². The highest BCUT2D eigenvalue weighted by atomic mass is 16.5. The Labute approximate surface area is 89.5 Å². The molecule has 0 spiro atoms. The van der Waals surface area contributed by atoms with Gasteiger partial charge in [0.15, 0.2) is 0 Å². The van der Waals surface area contributed by atoms with Crippen LogP contribution in [0.4, 0.5) is 5.69 Å². The van der Waals surface area contributed by atoms with Gasteiger partial charge < -0.3 is 10.5 Å². The van der Waals surface area contributed by atoms with Crippen molar-refractivity contribution in [3.8, 4) is 0 Å². The van der Waals surface area contributed by atoms with Crippen molar-refractivity contribution >= 4 is 11.7 Å². The highest BCUT2D eigenvalue weighted by Gasteiger charge is 2.02. The fourth-order valence-corrected chi connectivity index (χ4v) is 1.13. The molecule has 1 aromatic rings. The van der Waals surface area contributed by atoms with Gasteiger partial charge in [-0.1, -0.05) is 18.7 Å². The number of carbonyl (C=O) groups excluding carboxylic acids is 1. The molecule has 0 aliphatic heterocycles. The number of benzene rings is 1. The van der Waals surface area contributed by atoms with Crippen molar-refractivity contribution in [3.63, 3.8) is 0 Å². The third kappa shape index (κ3) is 3.85. The van der Waals surface area contributed by atoms with Crippen LogP contribution in [0.25, 0.3) is 0 Å². The van der Waals surface area contributed by atoms with Crippen LogP contribution in [-0.4, -0.2) is 12.6 Å². The van der Waals surface area contributed by atoms with Crippen LogP contribution in [0.15, 0.2) is 36.4 Å². The molecule has 0 atom stereocenters. The molecule has 80 valence electrons. The molecule has 0 radical (unpaired) electrons. The van der Waals surface area contributed by atoms with Crippen LogP contribution < -0.4 is 5.73 Å². The summed E-state index contributed by atoms with van der Waals surface area (Å²) in [5, 5.41) is 0. The van der Waals surface area contributed by atoms with Crippen molar-refractivity contribution in [1.29, 1.82) is 0 Å². The summed E-state index contributed by atoms with van der Waals surface area (Å²) < 4.78 is 4.97. The van der Waals surface area contributed by atoms with Crippen LogP contribution in [0.2, 0.25) is 0 Å². The number of nitrogens with two attached hydrogens (primary N) is 1. The third-order valence-electron chi connectivity index (χ3n) is 1.92. The standard InChI is InChI=1S/C12H15NO2/c1-9(2)12(14)15-7-6-10-4-3-5-11(13)8-10/h3-5,8H,1,6-7,13H2,2H3. The number of carbonyl (C=O) groups is 1. The predicted molar refractivity (Wildman–Crippen MR) is 60.3 cm³/mol. The van der Waals surface area contributed by atoms with Gasteiger partial charge in [-0.15, -0.1) is 0 Å². The van der Waals surface area contributed by atoms with E-state index in [0.717, 1.165) is 11.3 Å². The normalized spacial score (nSPS) is 9.67. The second-order valence-electron chi connectivity index (χ2n) is 3.41. The highest BCUT2D eigenvalue weighted by Crippen LogP contribution is 2.07. The maximum absolute atomic E-state index is 11.1. The van der Waals surface area contributed by atoms with Gasteiger partial charge in [0.2, 0.25) is 0 Å². The van der Waals surface area contributed by atoms with E-state index in [2.05, 4.69) is 6.58 Å². The zero-order valence-electron chi connectivity index (χ0n) is 8.82. The van der Waals surface area contributed by atoms with Crippen molar-refractivity contribution in [2.75, 3.05) is 12.3 Å². The first kappa shape index (κ1) is 11.3. The number of nitrogen functional groups attached to an aromatic ring is 1. The summed E-state index contributed by atoms with van der Waals surface area (Å²) in [6.07, 6.45) is 0.671. The number of rotatable bonds is 4. The van der Waals surface area contributed by atoms with E-state index in [4.69, 9.17) is 10.5 Å². The van der Waals surface area contributed by atoms with Gasteiger partial charge in [-0.2, -0.15) is 0 Å². The zero-order valence-corrected chi connectivity index (χ0v) is 8.82. The SMILES string of the molecule is C=C(C)C(=O)OCCc1cccc(N)c1. The monoisotopic (exact) mass is 205 g/mol. The fourth-order valence-electron chi connectivity index (χ4n) is 1.13. The molecule has 0 aliphatic carbocycles. The Morgan fingerprint density at radius 2 is 2.27 bits per heavy atom. The van der Waals surface area contributed by atoms with Crippen LogP contribution >= 0.6 is 0 Å². The molecule has 1 aromatic carbocycles. The molecule has 15 heavy (non-hydrogen) atoms. The summed E-state index contributed by atoms with van der Waals surface area (Å²) in [5.41, 5.74) is 7.82. The lowest BCUT2D eigenvalue weighted by atomic mass is 10.1. The van der Waals surface area contributed by atoms with Gasteiger partial charge in [-0.25, -0.2) is 4.79 Å². The minimum Gasteiger partial charge on any atom is -0.462 e. The lowest BCUT2D eigenvalue weighted by molar-refractivity contribution is -0.138. The van der Waals surface area contributed by atoms with Crippen LogP contribution in [-0.2, 0) is 16.0 Å². The Morgan fingerprint density at radius 3 is 2.87 bits per heavy atom. The predicted octanol–water partition coefficient (Wildman–Crippen LogP) is 1.93. The molecule has 0 saturated carbocycles. The number of hydrogen-bond donors (Lipinski definition) is 1. The van der Waals surface area contributed by atoms with Crippen molar-refractivity contribution in [2.45, 2.75) is 13.3 Å². The zero-order chi connectivity index (χ0) is 11.3. The van der Waals surface area contributed by atoms with Crippen molar-refractivity contribution < 1.29 is 9.53 Å². The van der Waals surface area contributed by atoms with Crippen LogP contribution in [0.5, 0.6) is 0 Å². The molecule has 0 unspecified atom stereocenters. The van der Waals surface area contributed by atoms with Gasteiger partial charge in [0.1, 0.15) is 0 Å². The van der Waals surface area contributed by atoms with E-state index < -0.39 is 0 Å². The summed E-state index contributed by atoms with van der Waals surface area (Å²) in [4.78, 5) is 11.1. The minimum atomic E-state index is -0.348. The summed E-state index contributed by atoms with van der Waals surface area (Å²) in [7, 11) is 0. The number of esters is 1. The molecule has 0 amide bonds. The van der Waals surface area contributed by atoms with E-state index in [-0.39, 0.29) is 5.97 Å². The maximum Gasteiger partial charge on any atom is 0.333 e. The Morgan fingerprint density at radius 1 is 1.53 bits per heavy atom. The maximum atomic E-state index is 11.1. The first-order chi connectivity index (χ1) is 7.09. The van der Waals surface area contributed by atoms with Gasteiger partial charge in [-0.05, 0) is 24.6 Å². The number of anilines is 1. The first-order valence-corrected chi connectivity index (χ1v) is 4.76. The molecular weight excluding hydrogens is 190 g/mol. The van der Waals surface area contributed by atoms with Crippen molar-refractivity contribution in [1.82, 2.24) is 0 Å². The molecule has 0 heterocycles. The molecule has 0 saturated heterocycles. The second kappa shape index (κ2) is 5.20. The Hall–Kier alpha value is -1.77. The van der Waals surface area contributed by atoms with E-state index in [1.807, 2.05) is 24.3 Å². The Bertz CT molecular complexity index is 372. The molecule has 0 fully saturated rings. The second-order valence-corrected chi connectivity index (χ2v) is 3.41. The molecule has 3 nitrogen and oxygen atoms in total. The summed E-state index contributed by atoms with van der Waals surface area (Å²) in [6.45, 7) is 5.48. The van der Waals surface area contributed by atoms with Gasteiger partial charge >= 0.3 is 5.97 Å². The van der Waals surface area contributed by atoms with E-state index >= 15 is 0 Å². The van der Waals surface area contributed by atoms with Gasteiger partial charge in [0.05, 0.1) is 6.61 Å². The summed E-state index contributed by atoms with van der Waals surface area (Å²) >= 11 is 0. The lowest BCUT2D eigenvalue weighted by Crippen LogP contribution is -2.08. The van der Waals surface area contributed by atoms with Gasteiger partial charge in [0, 0.05) is 17.7 Å². The van der Waals surface area contributed by atoms with Gasteiger partial charge in [0.25, 0.3) is 0 Å². The Balaban J connectivity index is 2.38. The van der Waals surface area contributed by atoms with Gasteiger partial charge in [-0.3, -0.25) is 0 Å².